The van der Waals surface area contributed by atoms with Gasteiger partial charge in [-0.3, -0.25) is 4.79 Å². The Labute approximate surface area is 114 Å². The van der Waals surface area contributed by atoms with Crippen LogP contribution in [0.5, 0.6) is 5.75 Å². The number of para-hydroxylation sites is 1. The van der Waals surface area contributed by atoms with Crippen molar-refractivity contribution < 1.29 is 18.7 Å². The highest BCUT2D eigenvalue weighted by molar-refractivity contribution is 5.94. The molecule has 0 unspecified atom stereocenters. The monoisotopic (exact) mass is 277 g/mol. The second kappa shape index (κ2) is 5.69. The Morgan fingerprint density at radius 3 is 2.60 bits per heavy atom. The fourth-order valence-corrected chi connectivity index (χ4v) is 1.76. The van der Waals surface area contributed by atoms with Crippen LogP contribution in [0.15, 0.2) is 36.4 Å². The normalized spacial score (nSPS) is 10.3. The number of nitrogens with one attached hydrogen (secondary N) is 1. The second-order valence-electron chi connectivity index (χ2n) is 4.39. The van der Waals surface area contributed by atoms with Crippen LogP contribution in [0, 0.1) is 18.6 Å². The Balaban J connectivity index is 2.13. The molecule has 0 aromatic heterocycles. The lowest BCUT2D eigenvalue weighted by Gasteiger charge is -2.08. The van der Waals surface area contributed by atoms with Crippen molar-refractivity contribution in [2.75, 3.05) is 0 Å². The highest BCUT2D eigenvalue weighted by atomic mass is 19.1. The number of rotatable bonds is 3. The van der Waals surface area contributed by atoms with Crippen molar-refractivity contribution in [2.24, 2.45) is 0 Å². The van der Waals surface area contributed by atoms with E-state index >= 15 is 0 Å². The van der Waals surface area contributed by atoms with Gasteiger partial charge in [0, 0.05) is 18.2 Å². The number of phenolic OH excluding ortho intramolecular Hbond substituents is 1. The van der Waals surface area contributed by atoms with Crippen molar-refractivity contribution in [3.8, 4) is 5.75 Å². The summed E-state index contributed by atoms with van der Waals surface area (Å²) < 4.78 is 26.7. The average molecular weight is 277 g/mol. The van der Waals surface area contributed by atoms with Gasteiger partial charge in [0.15, 0.2) is 0 Å². The van der Waals surface area contributed by atoms with E-state index < -0.39 is 17.5 Å². The van der Waals surface area contributed by atoms with E-state index in [9.17, 15) is 18.7 Å². The fraction of sp³-hybridized carbons (Fsp3) is 0.133. The van der Waals surface area contributed by atoms with Gasteiger partial charge in [-0.2, -0.15) is 0 Å². The molecule has 0 bridgehead atoms. The number of benzene rings is 2. The molecule has 3 nitrogen and oxygen atoms in total. The van der Waals surface area contributed by atoms with Crippen LogP contribution in [0.25, 0.3) is 0 Å². The van der Waals surface area contributed by atoms with Crippen molar-refractivity contribution in [3.05, 3.63) is 64.7 Å². The van der Waals surface area contributed by atoms with Crippen LogP contribution in [-0.4, -0.2) is 11.0 Å². The van der Waals surface area contributed by atoms with Crippen LogP contribution < -0.4 is 5.32 Å². The number of hydrogen-bond donors (Lipinski definition) is 2. The first-order valence-electron chi connectivity index (χ1n) is 5.99. The predicted molar refractivity (Wildman–Crippen MR) is 70.4 cm³/mol. The summed E-state index contributed by atoms with van der Waals surface area (Å²) in [6.45, 7) is 1.51. The molecule has 5 heteroatoms. The van der Waals surface area contributed by atoms with Crippen molar-refractivity contribution >= 4 is 5.91 Å². The number of carbonyl (C=O) groups excluding carboxylic acids is 1. The third kappa shape index (κ3) is 2.93. The first-order chi connectivity index (χ1) is 9.49. The maximum atomic E-state index is 13.5. The lowest BCUT2D eigenvalue weighted by molar-refractivity contribution is 0.0946. The van der Waals surface area contributed by atoms with Crippen LogP contribution in [0.1, 0.15) is 21.5 Å². The minimum Gasteiger partial charge on any atom is -0.508 e. The van der Waals surface area contributed by atoms with Crippen LogP contribution in [0.4, 0.5) is 8.78 Å². The third-order valence-corrected chi connectivity index (χ3v) is 2.92. The number of aromatic hydroxyl groups is 1. The maximum absolute atomic E-state index is 13.5. The van der Waals surface area contributed by atoms with E-state index in [4.69, 9.17) is 0 Å². The van der Waals surface area contributed by atoms with Gasteiger partial charge in [0.05, 0.1) is 5.56 Å². The van der Waals surface area contributed by atoms with Crippen molar-refractivity contribution in [1.82, 2.24) is 5.32 Å². The van der Waals surface area contributed by atoms with Gasteiger partial charge in [0.1, 0.15) is 17.4 Å². The molecule has 0 saturated carbocycles. The minimum absolute atomic E-state index is 0.0450. The molecular formula is C15H13F2NO2. The standard InChI is InChI=1S/C15H13F2NO2/c1-9-6-11(13(17)7-12(9)16)15(20)18-8-10-4-2-3-5-14(10)19/h2-7,19H,8H2,1H3,(H,18,20). The van der Waals surface area contributed by atoms with E-state index in [-0.39, 0.29) is 23.4 Å². The molecule has 2 N–H and O–H groups in total. The third-order valence-electron chi connectivity index (χ3n) is 2.92. The summed E-state index contributed by atoms with van der Waals surface area (Å²) in [5.74, 6) is -2.22. The molecule has 0 fully saturated rings. The molecule has 0 saturated heterocycles. The summed E-state index contributed by atoms with van der Waals surface area (Å²) in [6, 6.07) is 8.34. The van der Waals surface area contributed by atoms with Crippen LogP contribution in [0.3, 0.4) is 0 Å². The molecule has 20 heavy (non-hydrogen) atoms. The lowest BCUT2D eigenvalue weighted by atomic mass is 10.1. The first kappa shape index (κ1) is 14.0. The molecule has 0 radical (unpaired) electrons. The van der Waals surface area contributed by atoms with Crippen LogP contribution in [0.2, 0.25) is 0 Å². The summed E-state index contributed by atoms with van der Waals surface area (Å²) in [5, 5.41) is 12.0. The molecular weight excluding hydrogens is 264 g/mol. The zero-order chi connectivity index (χ0) is 14.7. The topological polar surface area (TPSA) is 49.3 Å². The molecule has 0 atom stereocenters. The fourth-order valence-electron chi connectivity index (χ4n) is 1.76. The Bertz CT molecular complexity index is 656. The van der Waals surface area contributed by atoms with Crippen LogP contribution in [-0.2, 0) is 6.54 Å². The SMILES string of the molecule is Cc1cc(C(=O)NCc2ccccc2O)c(F)cc1F. The van der Waals surface area contributed by atoms with Gasteiger partial charge in [-0.25, -0.2) is 8.78 Å². The summed E-state index contributed by atoms with van der Waals surface area (Å²) >= 11 is 0. The molecule has 0 aliphatic rings. The number of amides is 1. The summed E-state index contributed by atoms with van der Waals surface area (Å²) in [6.07, 6.45) is 0. The highest BCUT2D eigenvalue weighted by Crippen LogP contribution is 2.17. The Hall–Kier alpha value is -2.43. The molecule has 0 heterocycles. The molecule has 1 amide bonds. The zero-order valence-electron chi connectivity index (χ0n) is 10.8. The molecule has 0 aliphatic carbocycles. The van der Waals surface area contributed by atoms with Gasteiger partial charge in [0.2, 0.25) is 0 Å². The van der Waals surface area contributed by atoms with E-state index in [2.05, 4.69) is 5.32 Å². The average Bonchev–Trinajstić information content (AvgIpc) is 2.41. The quantitative estimate of drug-likeness (QED) is 0.906. The van der Waals surface area contributed by atoms with Crippen molar-refractivity contribution in [3.63, 3.8) is 0 Å². The maximum Gasteiger partial charge on any atom is 0.254 e. The number of halogens is 2. The van der Waals surface area contributed by atoms with Crippen molar-refractivity contribution in [1.29, 1.82) is 0 Å². The van der Waals surface area contributed by atoms with Gasteiger partial charge >= 0.3 is 0 Å². The van der Waals surface area contributed by atoms with Crippen molar-refractivity contribution in [2.45, 2.75) is 13.5 Å². The van der Waals surface area contributed by atoms with E-state index in [1.807, 2.05) is 0 Å². The first-order valence-corrected chi connectivity index (χ1v) is 5.99. The molecule has 104 valence electrons. The molecule has 2 aromatic carbocycles. The summed E-state index contributed by atoms with van der Waals surface area (Å²) in [4.78, 5) is 11.9. The smallest absolute Gasteiger partial charge is 0.254 e. The molecule has 2 rings (SSSR count). The van der Waals surface area contributed by atoms with Gasteiger partial charge in [-0.1, -0.05) is 18.2 Å². The van der Waals surface area contributed by atoms with Gasteiger partial charge in [-0.05, 0) is 24.6 Å². The largest absolute Gasteiger partial charge is 0.508 e. The molecule has 0 aliphatic heterocycles. The molecule has 2 aromatic rings. The van der Waals surface area contributed by atoms with Crippen LogP contribution >= 0.6 is 0 Å². The number of hydrogen-bond acceptors (Lipinski definition) is 2. The lowest BCUT2D eigenvalue weighted by Crippen LogP contribution is -2.24. The highest BCUT2D eigenvalue weighted by Gasteiger charge is 2.14. The van der Waals surface area contributed by atoms with E-state index in [1.54, 1.807) is 18.2 Å². The minimum atomic E-state index is -0.914. The van der Waals surface area contributed by atoms with E-state index in [0.29, 0.717) is 11.6 Å². The number of phenols is 1. The van der Waals surface area contributed by atoms with Gasteiger partial charge < -0.3 is 10.4 Å². The van der Waals surface area contributed by atoms with E-state index in [0.717, 1.165) is 6.07 Å². The number of carbonyl (C=O) groups is 1. The summed E-state index contributed by atoms with van der Waals surface area (Å²) in [5.41, 5.74) is 0.485. The van der Waals surface area contributed by atoms with Gasteiger partial charge in [0.25, 0.3) is 5.91 Å². The second-order valence-corrected chi connectivity index (χ2v) is 4.39. The Morgan fingerprint density at radius 2 is 1.90 bits per heavy atom. The Morgan fingerprint density at radius 1 is 1.20 bits per heavy atom. The Kier molecular flexibility index (Phi) is 3.98. The number of aryl methyl sites for hydroxylation is 1. The predicted octanol–water partition coefficient (Wildman–Crippen LogP) is 2.91. The van der Waals surface area contributed by atoms with E-state index in [1.165, 1.54) is 13.0 Å². The zero-order valence-corrected chi connectivity index (χ0v) is 10.8. The molecule has 0 spiro atoms. The van der Waals surface area contributed by atoms with Gasteiger partial charge in [-0.15, -0.1) is 0 Å². The summed E-state index contributed by atoms with van der Waals surface area (Å²) in [7, 11) is 0.